The Kier molecular flexibility index (Phi) is 5.34. The van der Waals surface area contributed by atoms with Crippen molar-refractivity contribution in [2.45, 2.75) is 12.8 Å². The van der Waals surface area contributed by atoms with E-state index >= 15 is 0 Å². The molecule has 0 unspecified atom stereocenters. The minimum absolute atomic E-state index is 0.00496. The summed E-state index contributed by atoms with van der Waals surface area (Å²) in [5.41, 5.74) is -0.521. The van der Waals surface area contributed by atoms with Crippen molar-refractivity contribution >= 4 is 23.7 Å². The summed E-state index contributed by atoms with van der Waals surface area (Å²) >= 11 is 0. The number of carboxylic acids is 1. The molecule has 0 spiro atoms. The zero-order chi connectivity index (χ0) is 15.1. The van der Waals surface area contributed by atoms with Gasteiger partial charge in [-0.05, 0) is 12.1 Å². The monoisotopic (exact) mass is 276 g/mol. The highest BCUT2D eigenvalue weighted by Gasteiger charge is 2.20. The molecule has 0 radical (unpaired) electrons. The van der Waals surface area contributed by atoms with E-state index in [-0.39, 0.29) is 17.5 Å². The Labute approximate surface area is 114 Å². The largest absolute Gasteiger partial charge is 0.478 e. The van der Waals surface area contributed by atoms with E-state index in [1.165, 1.54) is 30.3 Å². The number of carboxylic acid groups (broad SMARTS) is 1. The molecule has 1 aromatic carbocycles. The quantitative estimate of drug-likeness (QED) is 0.481. The second-order valence-electron chi connectivity index (χ2n) is 3.82. The lowest BCUT2D eigenvalue weighted by molar-refractivity contribution is -0.140. The van der Waals surface area contributed by atoms with Gasteiger partial charge in [0.15, 0.2) is 0 Å². The summed E-state index contributed by atoms with van der Waals surface area (Å²) in [5, 5.41) is 8.91. The highest BCUT2D eigenvalue weighted by Crippen LogP contribution is 2.11. The lowest BCUT2D eigenvalue weighted by Gasteiger charge is -2.05. The molecule has 6 nitrogen and oxygen atoms in total. The topological polar surface area (TPSA) is 97.7 Å². The number of ether oxygens (including phenoxy) is 1. The Bertz CT molecular complexity index is 573. The van der Waals surface area contributed by atoms with Crippen LogP contribution in [0.25, 0.3) is 0 Å². The molecule has 0 aliphatic heterocycles. The van der Waals surface area contributed by atoms with E-state index in [0.29, 0.717) is 0 Å². The Morgan fingerprint density at radius 1 is 1.15 bits per heavy atom. The first kappa shape index (κ1) is 15.3. The van der Waals surface area contributed by atoms with Crippen molar-refractivity contribution in [2.75, 3.05) is 0 Å². The number of rotatable bonds is 6. The number of carbonyl (C=O) groups excluding carboxylic acids is 3. The third kappa shape index (κ3) is 4.16. The van der Waals surface area contributed by atoms with E-state index in [2.05, 4.69) is 11.3 Å². The first-order valence-electron chi connectivity index (χ1n) is 5.65. The first-order chi connectivity index (χ1) is 9.45. The molecular formula is C14H12O6. The molecule has 0 fully saturated rings. The molecule has 1 N–H and O–H groups in total. The molecule has 104 valence electrons. The highest BCUT2D eigenvalue weighted by molar-refractivity contribution is 6.07. The summed E-state index contributed by atoms with van der Waals surface area (Å²) < 4.78 is 4.45. The van der Waals surface area contributed by atoms with Crippen molar-refractivity contribution in [3.8, 4) is 0 Å². The number of aromatic carboxylic acids is 1. The number of hydrogen-bond donors (Lipinski definition) is 1. The van der Waals surface area contributed by atoms with Crippen LogP contribution in [-0.4, -0.2) is 28.8 Å². The van der Waals surface area contributed by atoms with Crippen LogP contribution < -0.4 is 0 Å². The summed E-state index contributed by atoms with van der Waals surface area (Å²) in [6.07, 6.45) is 0.763. The number of Topliss-reactive ketones (excluding diaryl/α,β-unsaturated/α-hetero) is 1. The Hall–Kier alpha value is -2.76. The molecule has 0 aliphatic rings. The van der Waals surface area contributed by atoms with Gasteiger partial charge in [0.05, 0.1) is 11.1 Å². The third-order valence-electron chi connectivity index (χ3n) is 2.30. The van der Waals surface area contributed by atoms with Gasteiger partial charge in [0.2, 0.25) is 0 Å². The molecule has 0 saturated carbocycles. The molecule has 1 aromatic rings. The molecule has 1 rings (SSSR count). The fourth-order valence-electron chi connectivity index (χ4n) is 1.44. The number of carbonyl (C=O) groups is 4. The fraction of sp³-hybridized carbons (Fsp3) is 0.143. The Morgan fingerprint density at radius 2 is 1.75 bits per heavy atom. The predicted octanol–water partition coefficient (Wildman–Crippen LogP) is 1.60. The number of hydrogen-bond acceptors (Lipinski definition) is 5. The molecular weight excluding hydrogens is 264 g/mol. The van der Waals surface area contributed by atoms with Gasteiger partial charge in [0.25, 0.3) is 0 Å². The predicted molar refractivity (Wildman–Crippen MR) is 68.3 cm³/mol. The van der Waals surface area contributed by atoms with Crippen LogP contribution in [0.3, 0.4) is 0 Å². The standard InChI is InChI=1S/C14H12O6/c1-2-5-9(15)8-12(16)20-14(19)11-7-4-3-6-10(11)13(17)18/h2-4,6-7H,1,5,8H2,(H,17,18). The minimum atomic E-state index is -1.31. The van der Waals surface area contributed by atoms with E-state index in [0.717, 1.165) is 0 Å². The van der Waals surface area contributed by atoms with Gasteiger partial charge >= 0.3 is 17.9 Å². The SMILES string of the molecule is C=CCC(=O)CC(=O)OC(=O)c1ccccc1C(=O)O. The van der Waals surface area contributed by atoms with E-state index in [1.54, 1.807) is 0 Å². The molecule has 20 heavy (non-hydrogen) atoms. The normalized spacial score (nSPS) is 9.60. The van der Waals surface area contributed by atoms with Crippen LogP contribution in [-0.2, 0) is 14.3 Å². The summed E-state index contributed by atoms with van der Waals surface area (Å²) in [6, 6.07) is 5.32. The van der Waals surface area contributed by atoms with E-state index < -0.39 is 30.1 Å². The van der Waals surface area contributed by atoms with Crippen LogP contribution in [0.5, 0.6) is 0 Å². The van der Waals surface area contributed by atoms with E-state index in [9.17, 15) is 19.2 Å². The van der Waals surface area contributed by atoms with Crippen LogP contribution in [0.1, 0.15) is 33.6 Å². The lowest BCUT2D eigenvalue weighted by Crippen LogP contribution is -2.18. The van der Waals surface area contributed by atoms with E-state index in [1.807, 2.05) is 0 Å². The molecule has 0 aromatic heterocycles. The maximum Gasteiger partial charge on any atom is 0.346 e. The van der Waals surface area contributed by atoms with Crippen LogP contribution in [0, 0.1) is 0 Å². The number of benzene rings is 1. The summed E-state index contributed by atoms with van der Waals surface area (Å²) in [4.78, 5) is 45.1. The number of ketones is 1. The van der Waals surface area contributed by atoms with Crippen molar-refractivity contribution in [1.29, 1.82) is 0 Å². The van der Waals surface area contributed by atoms with Gasteiger partial charge in [-0.2, -0.15) is 0 Å². The molecule has 0 saturated heterocycles. The maximum absolute atomic E-state index is 11.7. The average Bonchev–Trinajstić information content (AvgIpc) is 2.38. The van der Waals surface area contributed by atoms with Crippen LogP contribution in [0.15, 0.2) is 36.9 Å². The maximum atomic E-state index is 11.7. The second-order valence-corrected chi connectivity index (χ2v) is 3.82. The van der Waals surface area contributed by atoms with Crippen molar-refractivity contribution in [3.63, 3.8) is 0 Å². The highest BCUT2D eigenvalue weighted by atomic mass is 16.6. The number of esters is 2. The molecule has 0 aliphatic carbocycles. The van der Waals surface area contributed by atoms with Crippen LogP contribution in [0.4, 0.5) is 0 Å². The summed E-state index contributed by atoms with van der Waals surface area (Å²) in [5.74, 6) is -3.88. The third-order valence-corrected chi connectivity index (χ3v) is 2.30. The van der Waals surface area contributed by atoms with Crippen molar-refractivity contribution < 1.29 is 29.0 Å². The summed E-state index contributed by atoms with van der Waals surface area (Å²) in [6.45, 7) is 3.34. The zero-order valence-electron chi connectivity index (χ0n) is 10.5. The zero-order valence-corrected chi connectivity index (χ0v) is 10.5. The van der Waals surface area contributed by atoms with Crippen LogP contribution in [0.2, 0.25) is 0 Å². The van der Waals surface area contributed by atoms with Crippen molar-refractivity contribution in [1.82, 2.24) is 0 Å². The van der Waals surface area contributed by atoms with Gasteiger partial charge in [0.1, 0.15) is 12.2 Å². The smallest absolute Gasteiger partial charge is 0.346 e. The molecule has 0 heterocycles. The van der Waals surface area contributed by atoms with E-state index in [4.69, 9.17) is 5.11 Å². The van der Waals surface area contributed by atoms with Gasteiger partial charge < -0.3 is 9.84 Å². The lowest BCUT2D eigenvalue weighted by atomic mass is 10.1. The fourth-order valence-corrected chi connectivity index (χ4v) is 1.44. The number of allylic oxidation sites excluding steroid dienone is 1. The molecule has 0 amide bonds. The van der Waals surface area contributed by atoms with Crippen LogP contribution >= 0.6 is 0 Å². The molecule has 6 heteroatoms. The molecule has 0 bridgehead atoms. The Balaban J connectivity index is 2.77. The molecule has 0 atom stereocenters. The summed E-state index contributed by atoms with van der Waals surface area (Å²) in [7, 11) is 0. The Morgan fingerprint density at radius 3 is 2.30 bits per heavy atom. The first-order valence-corrected chi connectivity index (χ1v) is 5.65. The van der Waals surface area contributed by atoms with Gasteiger partial charge in [0, 0.05) is 6.42 Å². The van der Waals surface area contributed by atoms with Gasteiger partial charge in [-0.3, -0.25) is 9.59 Å². The van der Waals surface area contributed by atoms with Crippen molar-refractivity contribution in [3.05, 3.63) is 48.0 Å². The van der Waals surface area contributed by atoms with Gasteiger partial charge in [-0.1, -0.05) is 18.2 Å². The van der Waals surface area contributed by atoms with Gasteiger partial charge in [-0.25, -0.2) is 9.59 Å². The van der Waals surface area contributed by atoms with Gasteiger partial charge in [-0.15, -0.1) is 6.58 Å². The van der Waals surface area contributed by atoms with Crippen molar-refractivity contribution in [2.24, 2.45) is 0 Å². The second kappa shape index (κ2) is 6.98. The average molecular weight is 276 g/mol. The minimum Gasteiger partial charge on any atom is -0.478 e.